The van der Waals surface area contributed by atoms with Gasteiger partial charge in [-0.25, -0.2) is 4.99 Å². The molecule has 0 heterocycles. The molecule has 110 valence electrons. The van der Waals surface area contributed by atoms with Crippen molar-refractivity contribution in [1.29, 1.82) is 0 Å². The van der Waals surface area contributed by atoms with Gasteiger partial charge in [0, 0.05) is 7.05 Å². The molecule has 1 aromatic rings. The summed E-state index contributed by atoms with van der Waals surface area (Å²) in [6, 6.07) is 5.11. The lowest BCUT2D eigenvalue weighted by atomic mass is 9.83. The molecule has 1 rings (SSSR count). The van der Waals surface area contributed by atoms with Gasteiger partial charge in [0.05, 0.1) is 11.7 Å². The van der Waals surface area contributed by atoms with E-state index in [2.05, 4.69) is 70.5 Å². The molecule has 1 aromatic carbocycles. The van der Waals surface area contributed by atoms with Crippen LogP contribution in [-0.2, 0) is 0 Å². The summed E-state index contributed by atoms with van der Waals surface area (Å²) in [5, 5.41) is 0. The smallest absolute Gasteiger partial charge is 0.0946 e. The Hall–Kier alpha value is -1.40. The van der Waals surface area contributed by atoms with E-state index in [0.717, 1.165) is 5.69 Å². The average molecular weight is 272 g/mol. The van der Waals surface area contributed by atoms with E-state index in [-0.39, 0.29) is 0 Å². The van der Waals surface area contributed by atoms with Gasteiger partial charge in [0.2, 0.25) is 0 Å². The fourth-order valence-electron chi connectivity index (χ4n) is 2.80. The fourth-order valence-corrected chi connectivity index (χ4v) is 2.80. The molecule has 0 spiro atoms. The molecule has 0 N–H and O–H groups in total. The minimum atomic E-state index is 0.447. The molecule has 0 amide bonds. The Morgan fingerprint density at radius 1 is 0.900 bits per heavy atom. The highest BCUT2D eigenvalue weighted by molar-refractivity contribution is 5.66. The predicted octanol–water partition coefficient (Wildman–Crippen LogP) is 5.80. The lowest BCUT2D eigenvalue weighted by molar-refractivity contribution is 0.793. The Bertz CT molecular complexity index is 531. The van der Waals surface area contributed by atoms with Gasteiger partial charge in [-0.05, 0) is 46.9 Å². The van der Waals surface area contributed by atoms with Gasteiger partial charge in [-0.2, -0.15) is 4.99 Å². The molecule has 2 heteroatoms. The molecule has 0 aromatic heterocycles. The number of hydrogen-bond acceptors (Lipinski definition) is 2. The molecule has 0 fully saturated rings. The van der Waals surface area contributed by atoms with E-state index in [1.54, 1.807) is 7.05 Å². The van der Waals surface area contributed by atoms with Crippen LogP contribution in [0.2, 0.25) is 0 Å². The van der Waals surface area contributed by atoms with Gasteiger partial charge in [-0.3, -0.25) is 0 Å². The minimum absolute atomic E-state index is 0.447. The summed E-state index contributed by atoms with van der Waals surface area (Å²) >= 11 is 0. The van der Waals surface area contributed by atoms with Crippen molar-refractivity contribution in [2.24, 2.45) is 9.98 Å². The predicted molar refractivity (Wildman–Crippen MR) is 88.9 cm³/mol. The van der Waals surface area contributed by atoms with E-state index in [1.807, 2.05) is 0 Å². The van der Waals surface area contributed by atoms with Crippen LogP contribution in [0.15, 0.2) is 16.1 Å². The van der Waals surface area contributed by atoms with Crippen molar-refractivity contribution in [1.82, 2.24) is 0 Å². The van der Waals surface area contributed by atoms with E-state index in [9.17, 15) is 0 Å². The van der Waals surface area contributed by atoms with Crippen molar-refractivity contribution in [3.63, 3.8) is 0 Å². The zero-order valence-corrected chi connectivity index (χ0v) is 14.2. The van der Waals surface area contributed by atoms with E-state index in [4.69, 9.17) is 0 Å². The van der Waals surface area contributed by atoms with Gasteiger partial charge in [-0.1, -0.05) is 47.6 Å². The molecule has 2 nitrogen and oxygen atoms in total. The molecule has 0 unspecified atom stereocenters. The second-order valence-corrected chi connectivity index (χ2v) is 6.34. The van der Waals surface area contributed by atoms with Crippen molar-refractivity contribution < 1.29 is 0 Å². The molecule has 0 aliphatic carbocycles. The Kier molecular flexibility index (Phi) is 5.71. The molecule has 20 heavy (non-hydrogen) atoms. The summed E-state index contributed by atoms with van der Waals surface area (Å²) in [7, 11) is 1.71. The molecular formula is C18H28N2. The topological polar surface area (TPSA) is 24.7 Å². The van der Waals surface area contributed by atoms with Gasteiger partial charge in [0.25, 0.3) is 0 Å². The van der Waals surface area contributed by atoms with Crippen molar-refractivity contribution in [3.05, 3.63) is 28.3 Å². The maximum atomic E-state index is 4.51. The van der Waals surface area contributed by atoms with Gasteiger partial charge < -0.3 is 0 Å². The Morgan fingerprint density at radius 2 is 1.45 bits per heavy atom. The number of hydrogen-bond donors (Lipinski definition) is 0. The largest absolute Gasteiger partial charge is 0.229 e. The van der Waals surface area contributed by atoms with E-state index >= 15 is 0 Å². The van der Waals surface area contributed by atoms with Crippen LogP contribution in [0.4, 0.5) is 5.69 Å². The van der Waals surface area contributed by atoms with Gasteiger partial charge in [0.15, 0.2) is 0 Å². The van der Waals surface area contributed by atoms with Crippen molar-refractivity contribution >= 4 is 11.7 Å². The molecule has 0 aliphatic heterocycles. The third kappa shape index (κ3) is 3.37. The van der Waals surface area contributed by atoms with Crippen LogP contribution in [0.3, 0.4) is 0 Å². The van der Waals surface area contributed by atoms with Crippen molar-refractivity contribution in [3.8, 4) is 0 Å². The standard InChI is InChI=1S/C18H28N2/c1-11(2)15-9-16(12(3)4)18(20-10-19-8)17(13(5)6)14(15)7/h9,11-13H,1-8H3. The third-order valence-corrected chi connectivity index (χ3v) is 3.76. The third-order valence-electron chi connectivity index (χ3n) is 3.76. The highest BCUT2D eigenvalue weighted by Crippen LogP contribution is 2.40. The first kappa shape index (κ1) is 16.7. The van der Waals surface area contributed by atoms with Gasteiger partial charge in [-0.15, -0.1) is 0 Å². The number of benzene rings is 1. The van der Waals surface area contributed by atoms with Gasteiger partial charge in [0.1, 0.15) is 0 Å². The van der Waals surface area contributed by atoms with Gasteiger partial charge >= 0.3 is 0 Å². The highest BCUT2D eigenvalue weighted by atomic mass is 14.8. The van der Waals surface area contributed by atoms with E-state index < -0.39 is 0 Å². The number of nitrogens with zero attached hydrogens (tertiary/aromatic N) is 2. The van der Waals surface area contributed by atoms with Crippen LogP contribution in [0, 0.1) is 6.92 Å². The first-order valence-electron chi connectivity index (χ1n) is 7.53. The Labute approximate surface area is 124 Å². The summed E-state index contributed by atoms with van der Waals surface area (Å²) in [5.74, 6) is 1.43. The summed E-state index contributed by atoms with van der Waals surface area (Å²) in [6.45, 7) is 15.6. The molecule has 0 aliphatic rings. The summed E-state index contributed by atoms with van der Waals surface area (Å²) < 4.78 is 0. The van der Waals surface area contributed by atoms with Crippen LogP contribution in [0.5, 0.6) is 0 Å². The van der Waals surface area contributed by atoms with Crippen LogP contribution >= 0.6 is 0 Å². The van der Waals surface area contributed by atoms with Crippen LogP contribution < -0.4 is 0 Å². The van der Waals surface area contributed by atoms with E-state index in [0.29, 0.717) is 17.8 Å². The zero-order chi connectivity index (χ0) is 15.4. The lowest BCUT2D eigenvalue weighted by Crippen LogP contribution is -2.04. The Balaban J connectivity index is 3.78. The minimum Gasteiger partial charge on any atom is -0.229 e. The molecular weight excluding hydrogens is 244 g/mol. The number of aliphatic imine (C=N–C) groups is 2. The molecule has 0 bridgehead atoms. The summed E-state index contributed by atoms with van der Waals surface area (Å²) in [6.07, 6.45) is 0. The first-order chi connectivity index (χ1) is 9.31. The summed E-state index contributed by atoms with van der Waals surface area (Å²) in [4.78, 5) is 8.41. The monoisotopic (exact) mass is 272 g/mol. The fraction of sp³-hybridized carbons (Fsp3) is 0.611. The average Bonchev–Trinajstić information content (AvgIpc) is 2.34. The lowest BCUT2D eigenvalue weighted by Gasteiger charge is -2.23. The second-order valence-electron chi connectivity index (χ2n) is 6.34. The van der Waals surface area contributed by atoms with Crippen LogP contribution in [0.25, 0.3) is 0 Å². The molecule has 0 saturated carbocycles. The molecule has 0 saturated heterocycles. The summed E-state index contributed by atoms with van der Waals surface area (Å²) in [5.41, 5.74) is 6.53. The molecule has 0 atom stereocenters. The maximum absolute atomic E-state index is 4.51. The maximum Gasteiger partial charge on any atom is 0.0946 e. The van der Waals surface area contributed by atoms with Crippen LogP contribution in [0.1, 0.15) is 81.5 Å². The van der Waals surface area contributed by atoms with Crippen LogP contribution in [-0.4, -0.2) is 13.1 Å². The normalized spacial score (nSPS) is 11.2. The molecule has 0 radical (unpaired) electrons. The zero-order valence-electron chi connectivity index (χ0n) is 14.2. The van der Waals surface area contributed by atoms with Crippen molar-refractivity contribution in [2.75, 3.05) is 7.05 Å². The first-order valence-corrected chi connectivity index (χ1v) is 7.53. The highest BCUT2D eigenvalue weighted by Gasteiger charge is 2.20. The van der Waals surface area contributed by atoms with Crippen molar-refractivity contribution in [2.45, 2.75) is 66.2 Å². The Morgan fingerprint density at radius 3 is 1.85 bits per heavy atom. The number of rotatable bonds is 4. The SMILES string of the molecule is CN=C=Nc1c(C(C)C)cc(C(C)C)c(C)c1C(C)C. The van der Waals surface area contributed by atoms with E-state index in [1.165, 1.54) is 22.3 Å². The second kappa shape index (κ2) is 6.85. The quantitative estimate of drug-likeness (QED) is 0.619.